The molecule has 21 heavy (non-hydrogen) atoms. The van der Waals surface area contributed by atoms with Crippen molar-refractivity contribution in [1.82, 2.24) is 9.29 Å². The highest BCUT2D eigenvalue weighted by atomic mass is 32.2. The molecule has 0 fully saturated rings. The van der Waals surface area contributed by atoms with E-state index in [2.05, 4.69) is 10.3 Å². The van der Waals surface area contributed by atoms with E-state index < -0.39 is 11.4 Å². The molecule has 0 spiro atoms. The molecule has 1 N–H and O–H groups in total. The summed E-state index contributed by atoms with van der Waals surface area (Å²) in [5.74, 6) is 0. The predicted molar refractivity (Wildman–Crippen MR) is 84.2 cm³/mol. The van der Waals surface area contributed by atoms with Crippen LogP contribution in [-0.4, -0.2) is 34.3 Å². The first-order valence-electron chi connectivity index (χ1n) is 6.39. The fourth-order valence-corrected chi connectivity index (χ4v) is 2.72. The van der Waals surface area contributed by atoms with Gasteiger partial charge in [0.1, 0.15) is 0 Å². The third-order valence-electron chi connectivity index (χ3n) is 3.01. The van der Waals surface area contributed by atoms with Gasteiger partial charge < -0.3 is 9.87 Å². The molecule has 0 aliphatic rings. The number of benzene rings is 1. The Kier molecular flexibility index (Phi) is 4.95. The summed E-state index contributed by atoms with van der Waals surface area (Å²) in [6.45, 7) is 1.91. The van der Waals surface area contributed by atoms with Crippen LogP contribution >= 0.6 is 0 Å². The number of carbonyl (C=O) groups is 1. The van der Waals surface area contributed by atoms with Crippen molar-refractivity contribution >= 4 is 23.5 Å². The quantitative estimate of drug-likeness (QED) is 0.679. The Morgan fingerprint density at radius 1 is 1.29 bits per heavy atom. The van der Waals surface area contributed by atoms with Crippen LogP contribution in [0.5, 0.6) is 0 Å². The molecule has 2 aromatic rings. The minimum absolute atomic E-state index is 0.624. The molecule has 0 radical (unpaired) electrons. The zero-order valence-corrected chi connectivity index (χ0v) is 13.0. The van der Waals surface area contributed by atoms with Gasteiger partial charge in [0.05, 0.1) is 23.2 Å². The average molecular weight is 303 g/mol. The number of amides is 1. The Bertz CT molecular complexity index is 629. The van der Waals surface area contributed by atoms with Crippen molar-refractivity contribution in [2.75, 3.05) is 19.4 Å². The molecule has 0 aliphatic heterocycles. The lowest BCUT2D eigenvalue weighted by molar-refractivity contribution is -0.105. The van der Waals surface area contributed by atoms with Crippen LogP contribution in [0, 0.1) is 6.92 Å². The second kappa shape index (κ2) is 6.71. The van der Waals surface area contributed by atoms with Crippen molar-refractivity contribution in [3.63, 3.8) is 0 Å². The molecule has 1 aromatic carbocycles. The molecule has 0 aliphatic carbocycles. The van der Waals surface area contributed by atoms with Gasteiger partial charge in [-0.1, -0.05) is 0 Å². The first-order chi connectivity index (χ1) is 10.0. The first kappa shape index (κ1) is 15.5. The van der Waals surface area contributed by atoms with E-state index in [0.29, 0.717) is 12.1 Å². The summed E-state index contributed by atoms with van der Waals surface area (Å²) in [5, 5.41) is 2.59. The van der Waals surface area contributed by atoms with Gasteiger partial charge in [0, 0.05) is 25.4 Å². The second-order valence-electron chi connectivity index (χ2n) is 4.71. The molecular formula is C15H17N3O2S. The number of aromatic nitrogens is 1. The largest absolute Gasteiger partial charge is 0.593 e. The highest BCUT2D eigenvalue weighted by molar-refractivity contribution is 7.89. The van der Waals surface area contributed by atoms with Crippen molar-refractivity contribution in [3.8, 4) is 11.1 Å². The van der Waals surface area contributed by atoms with Gasteiger partial charge in [0.2, 0.25) is 6.41 Å². The minimum atomic E-state index is -1.15. The number of pyridine rings is 1. The van der Waals surface area contributed by atoms with Gasteiger partial charge in [-0.15, -0.1) is 4.31 Å². The van der Waals surface area contributed by atoms with Gasteiger partial charge in [0.15, 0.2) is 4.90 Å². The highest BCUT2D eigenvalue weighted by Crippen LogP contribution is 2.26. The van der Waals surface area contributed by atoms with Gasteiger partial charge in [-0.3, -0.25) is 9.78 Å². The van der Waals surface area contributed by atoms with Crippen molar-refractivity contribution in [3.05, 3.63) is 42.2 Å². The summed E-state index contributed by atoms with van der Waals surface area (Å²) in [6.07, 6.45) is 2.24. The number of anilines is 1. The molecule has 0 bridgehead atoms. The first-order valence-corrected chi connectivity index (χ1v) is 7.50. The lowest BCUT2D eigenvalue weighted by Gasteiger charge is -2.15. The van der Waals surface area contributed by atoms with Gasteiger partial charge in [-0.25, -0.2) is 0 Å². The number of nitrogens with one attached hydrogen (secondary N) is 1. The molecule has 1 unspecified atom stereocenters. The fourth-order valence-electron chi connectivity index (χ4n) is 1.93. The van der Waals surface area contributed by atoms with E-state index in [1.807, 2.05) is 37.3 Å². The van der Waals surface area contributed by atoms with Crippen molar-refractivity contribution in [2.24, 2.45) is 0 Å². The van der Waals surface area contributed by atoms with Gasteiger partial charge in [-0.05, 0) is 42.8 Å². The molecule has 1 atom stereocenters. The zero-order valence-electron chi connectivity index (χ0n) is 12.2. The predicted octanol–water partition coefficient (Wildman–Crippen LogP) is 2.21. The number of hydrogen-bond acceptors (Lipinski definition) is 4. The second-order valence-corrected chi connectivity index (χ2v) is 6.41. The van der Waals surface area contributed by atoms with Crippen LogP contribution in [-0.2, 0) is 16.2 Å². The van der Waals surface area contributed by atoms with Crippen LogP contribution in [0.4, 0.5) is 5.69 Å². The van der Waals surface area contributed by atoms with Crippen LogP contribution in [0.3, 0.4) is 0 Å². The van der Waals surface area contributed by atoms with Crippen LogP contribution in [0.2, 0.25) is 0 Å². The molecule has 1 aromatic heterocycles. The number of aryl methyl sites for hydroxylation is 1. The summed E-state index contributed by atoms with van der Waals surface area (Å²) in [6, 6.07) is 9.36. The van der Waals surface area contributed by atoms with Crippen LogP contribution in [0.25, 0.3) is 11.1 Å². The number of nitrogens with zero attached hydrogens (tertiary/aromatic N) is 2. The van der Waals surface area contributed by atoms with Gasteiger partial charge in [0.25, 0.3) is 0 Å². The van der Waals surface area contributed by atoms with E-state index >= 15 is 0 Å². The SMILES string of the molecule is Cc1ncc(NC=O)cc1-c1ccc([S+]([O-])N(C)C)cc1. The molecule has 2 rings (SSSR count). The Morgan fingerprint density at radius 3 is 2.52 bits per heavy atom. The summed E-state index contributed by atoms with van der Waals surface area (Å²) < 4.78 is 13.6. The highest BCUT2D eigenvalue weighted by Gasteiger charge is 2.14. The lowest BCUT2D eigenvalue weighted by Crippen LogP contribution is -2.22. The van der Waals surface area contributed by atoms with Crippen molar-refractivity contribution in [1.29, 1.82) is 0 Å². The Balaban J connectivity index is 2.34. The Morgan fingerprint density at radius 2 is 1.95 bits per heavy atom. The van der Waals surface area contributed by atoms with E-state index in [4.69, 9.17) is 0 Å². The van der Waals surface area contributed by atoms with E-state index in [1.165, 1.54) is 0 Å². The molecule has 1 heterocycles. The molecule has 6 heteroatoms. The van der Waals surface area contributed by atoms with E-state index in [-0.39, 0.29) is 0 Å². The normalized spacial score (nSPS) is 12.2. The molecule has 0 saturated carbocycles. The summed E-state index contributed by atoms with van der Waals surface area (Å²) in [5.41, 5.74) is 3.41. The fraction of sp³-hybridized carbons (Fsp3) is 0.200. The van der Waals surface area contributed by atoms with Crippen molar-refractivity contribution < 1.29 is 9.35 Å². The number of carbonyl (C=O) groups excluding carboxylic acids is 1. The van der Waals surface area contributed by atoms with Crippen molar-refractivity contribution in [2.45, 2.75) is 11.8 Å². The Labute approximate surface area is 127 Å². The maximum atomic E-state index is 12.0. The molecule has 110 valence electrons. The van der Waals surface area contributed by atoms with Crippen LogP contribution in [0.15, 0.2) is 41.4 Å². The van der Waals surface area contributed by atoms with E-state index in [0.717, 1.165) is 21.7 Å². The minimum Gasteiger partial charge on any atom is -0.593 e. The Hall–Kier alpha value is -1.89. The molecule has 5 nitrogen and oxygen atoms in total. The number of hydrogen-bond donors (Lipinski definition) is 1. The molecule has 1 amide bonds. The van der Waals surface area contributed by atoms with Crippen LogP contribution in [0.1, 0.15) is 5.69 Å². The maximum absolute atomic E-state index is 12.0. The topological polar surface area (TPSA) is 68.3 Å². The summed E-state index contributed by atoms with van der Waals surface area (Å²) in [7, 11) is 3.54. The average Bonchev–Trinajstić information content (AvgIpc) is 2.49. The summed E-state index contributed by atoms with van der Waals surface area (Å²) in [4.78, 5) is 15.5. The third kappa shape index (κ3) is 3.60. The van der Waals surface area contributed by atoms with Gasteiger partial charge in [-0.2, -0.15) is 0 Å². The molecular weight excluding hydrogens is 286 g/mol. The van der Waals surface area contributed by atoms with Crippen LogP contribution < -0.4 is 5.32 Å². The smallest absolute Gasteiger partial charge is 0.211 e. The maximum Gasteiger partial charge on any atom is 0.211 e. The lowest BCUT2D eigenvalue weighted by atomic mass is 10.0. The van der Waals surface area contributed by atoms with E-state index in [9.17, 15) is 9.35 Å². The van der Waals surface area contributed by atoms with Gasteiger partial charge >= 0.3 is 0 Å². The monoisotopic (exact) mass is 303 g/mol. The zero-order chi connectivity index (χ0) is 15.4. The summed E-state index contributed by atoms with van der Waals surface area (Å²) >= 11 is -1.15. The third-order valence-corrected chi connectivity index (χ3v) is 4.35. The standard InChI is InChI=1S/C15H17N3O2S/c1-11-15(8-13(9-16-11)17-10-19)12-4-6-14(7-5-12)21(20)18(2)3/h4-10H,1-3H3,(H,17,19). The van der Waals surface area contributed by atoms with E-state index in [1.54, 1.807) is 24.6 Å². The molecule has 0 saturated heterocycles. The number of rotatable bonds is 5.